The Hall–Kier alpha value is -3.84. The van der Waals surface area contributed by atoms with Crippen LogP contribution in [-0.4, -0.2) is 0 Å². The van der Waals surface area contributed by atoms with Crippen molar-refractivity contribution in [3.8, 4) is 33.8 Å². The first kappa shape index (κ1) is 26.2. The van der Waals surface area contributed by atoms with Crippen LogP contribution in [0.2, 0.25) is 0 Å². The number of ether oxygens (including phenoxy) is 1. The maximum Gasteiger partial charge on any atom is 0.130 e. The van der Waals surface area contributed by atoms with Crippen molar-refractivity contribution in [1.29, 1.82) is 0 Å². The van der Waals surface area contributed by atoms with Gasteiger partial charge in [-0.05, 0) is 93.5 Å². The Labute approximate surface area is 223 Å². The van der Waals surface area contributed by atoms with Gasteiger partial charge in [0, 0.05) is 0 Å². The zero-order valence-corrected chi connectivity index (χ0v) is 22.6. The minimum atomic E-state index is 0.454. The van der Waals surface area contributed by atoms with Gasteiger partial charge in [-0.15, -0.1) is 13.2 Å². The summed E-state index contributed by atoms with van der Waals surface area (Å²) in [5.41, 5.74) is 9.93. The lowest BCUT2D eigenvalue weighted by molar-refractivity contribution is 0.473. The first-order chi connectivity index (χ1) is 17.9. The lowest BCUT2D eigenvalue weighted by Gasteiger charge is -2.18. The third-order valence-corrected chi connectivity index (χ3v) is 6.86. The number of hydrogen-bond acceptors (Lipinski definition) is 1. The molecule has 0 aliphatic rings. The molecule has 4 aromatic carbocycles. The second kappa shape index (κ2) is 11.9. The van der Waals surface area contributed by atoms with Crippen molar-refractivity contribution < 1.29 is 4.74 Å². The molecule has 0 heterocycles. The predicted octanol–water partition coefficient (Wildman–Crippen LogP) is 10.5. The van der Waals surface area contributed by atoms with Crippen LogP contribution in [0, 0.1) is 0 Å². The van der Waals surface area contributed by atoms with Gasteiger partial charge in [-0.1, -0.05) is 101 Å². The molecule has 0 bridgehead atoms. The van der Waals surface area contributed by atoms with Crippen molar-refractivity contribution in [3.63, 3.8) is 0 Å². The fourth-order valence-corrected chi connectivity index (χ4v) is 4.97. The molecule has 0 radical (unpaired) electrons. The van der Waals surface area contributed by atoms with Crippen LogP contribution in [0.15, 0.2) is 110 Å². The quantitative estimate of drug-likeness (QED) is 0.203. The molecule has 1 heteroatoms. The normalized spacial score (nSPS) is 11.1. The SMILES string of the molecule is C=CCc1cc(-c2ccccc2C(C)C)ccc1Oc1ccc(-c2ccccc2C(C)C)cc1CC=C. The molecule has 0 atom stereocenters. The smallest absolute Gasteiger partial charge is 0.130 e. The van der Waals surface area contributed by atoms with Gasteiger partial charge in [-0.25, -0.2) is 0 Å². The summed E-state index contributed by atoms with van der Waals surface area (Å²) in [5.74, 6) is 2.64. The van der Waals surface area contributed by atoms with Crippen LogP contribution in [0.5, 0.6) is 11.5 Å². The Morgan fingerprint density at radius 2 is 1.00 bits per heavy atom. The third-order valence-electron chi connectivity index (χ3n) is 6.86. The van der Waals surface area contributed by atoms with Crippen LogP contribution in [-0.2, 0) is 12.8 Å². The molecule has 0 aliphatic carbocycles. The molecule has 188 valence electrons. The van der Waals surface area contributed by atoms with Crippen molar-refractivity contribution in [2.75, 3.05) is 0 Å². The van der Waals surface area contributed by atoms with E-state index < -0.39 is 0 Å². The van der Waals surface area contributed by atoms with E-state index in [1.54, 1.807) is 0 Å². The lowest BCUT2D eigenvalue weighted by atomic mass is 9.91. The van der Waals surface area contributed by atoms with E-state index in [1.165, 1.54) is 33.4 Å². The molecule has 4 aromatic rings. The van der Waals surface area contributed by atoms with Crippen molar-refractivity contribution in [1.82, 2.24) is 0 Å². The van der Waals surface area contributed by atoms with Crippen LogP contribution < -0.4 is 4.74 Å². The number of rotatable bonds is 10. The standard InChI is InChI=1S/C36H38O/c1-7-13-29-23-27(33-17-11-9-15-31(33)25(3)4)19-21-35(29)37-36-22-20-28(24-30(36)14-8-2)34-18-12-10-16-32(34)26(5)6/h7-12,15-26H,1-2,13-14H2,3-6H3. The van der Waals surface area contributed by atoms with Crippen molar-refractivity contribution in [3.05, 3.63) is 132 Å². The molecular weight excluding hydrogens is 448 g/mol. The number of allylic oxidation sites excluding steroid dienone is 2. The molecule has 0 aliphatic heterocycles. The molecule has 0 unspecified atom stereocenters. The van der Waals surface area contributed by atoms with Crippen molar-refractivity contribution in [2.45, 2.75) is 52.4 Å². The van der Waals surface area contributed by atoms with E-state index in [1.807, 2.05) is 12.2 Å². The van der Waals surface area contributed by atoms with Gasteiger partial charge < -0.3 is 4.74 Å². The zero-order valence-electron chi connectivity index (χ0n) is 22.6. The Balaban J connectivity index is 1.73. The average Bonchev–Trinajstić information content (AvgIpc) is 2.90. The van der Waals surface area contributed by atoms with Gasteiger partial charge in [0.1, 0.15) is 11.5 Å². The van der Waals surface area contributed by atoms with Gasteiger partial charge in [-0.3, -0.25) is 0 Å². The summed E-state index contributed by atoms with van der Waals surface area (Å²) in [4.78, 5) is 0. The largest absolute Gasteiger partial charge is 0.457 e. The third kappa shape index (κ3) is 5.94. The summed E-state index contributed by atoms with van der Waals surface area (Å²) in [5, 5.41) is 0. The summed E-state index contributed by atoms with van der Waals surface area (Å²) in [6, 6.07) is 30.4. The first-order valence-electron chi connectivity index (χ1n) is 13.3. The van der Waals surface area contributed by atoms with Crippen LogP contribution in [0.25, 0.3) is 22.3 Å². The van der Waals surface area contributed by atoms with E-state index in [0.29, 0.717) is 11.8 Å². The highest BCUT2D eigenvalue weighted by atomic mass is 16.5. The summed E-state index contributed by atoms with van der Waals surface area (Å²) in [7, 11) is 0. The maximum absolute atomic E-state index is 6.59. The van der Waals surface area contributed by atoms with Gasteiger partial charge in [0.25, 0.3) is 0 Å². The van der Waals surface area contributed by atoms with E-state index in [-0.39, 0.29) is 0 Å². The molecule has 0 saturated heterocycles. The minimum Gasteiger partial charge on any atom is -0.457 e. The van der Waals surface area contributed by atoms with E-state index in [0.717, 1.165) is 35.5 Å². The second-order valence-corrected chi connectivity index (χ2v) is 10.2. The molecule has 1 nitrogen and oxygen atoms in total. The Kier molecular flexibility index (Phi) is 8.46. The summed E-state index contributed by atoms with van der Waals surface area (Å²) < 4.78 is 6.59. The van der Waals surface area contributed by atoms with Crippen molar-refractivity contribution >= 4 is 0 Å². The highest BCUT2D eigenvalue weighted by Gasteiger charge is 2.14. The Morgan fingerprint density at radius 1 is 0.595 bits per heavy atom. The molecule has 0 saturated carbocycles. The molecule has 37 heavy (non-hydrogen) atoms. The maximum atomic E-state index is 6.59. The van der Waals surface area contributed by atoms with Gasteiger partial charge in [0.05, 0.1) is 0 Å². The fourth-order valence-electron chi connectivity index (χ4n) is 4.97. The van der Waals surface area contributed by atoms with Crippen LogP contribution in [0.1, 0.15) is 61.8 Å². The van der Waals surface area contributed by atoms with E-state index in [2.05, 4.69) is 126 Å². The second-order valence-electron chi connectivity index (χ2n) is 10.2. The zero-order chi connectivity index (χ0) is 26.4. The highest BCUT2D eigenvalue weighted by Crippen LogP contribution is 2.37. The van der Waals surface area contributed by atoms with Crippen LogP contribution in [0.4, 0.5) is 0 Å². The van der Waals surface area contributed by atoms with Crippen LogP contribution in [0.3, 0.4) is 0 Å². The highest BCUT2D eigenvalue weighted by molar-refractivity contribution is 5.71. The summed E-state index contributed by atoms with van der Waals surface area (Å²) >= 11 is 0. The Morgan fingerprint density at radius 3 is 1.38 bits per heavy atom. The topological polar surface area (TPSA) is 9.23 Å². The van der Waals surface area contributed by atoms with Gasteiger partial charge >= 0.3 is 0 Å². The molecule has 0 N–H and O–H groups in total. The molecule has 4 rings (SSSR count). The fraction of sp³-hybridized carbons (Fsp3) is 0.222. The monoisotopic (exact) mass is 486 g/mol. The lowest BCUT2D eigenvalue weighted by Crippen LogP contribution is -1.98. The van der Waals surface area contributed by atoms with Crippen LogP contribution >= 0.6 is 0 Å². The number of benzene rings is 4. The molecule has 0 aromatic heterocycles. The van der Waals surface area contributed by atoms with E-state index in [9.17, 15) is 0 Å². The average molecular weight is 487 g/mol. The van der Waals surface area contributed by atoms with E-state index >= 15 is 0 Å². The molecule has 0 spiro atoms. The van der Waals surface area contributed by atoms with Gasteiger partial charge in [0.15, 0.2) is 0 Å². The summed E-state index contributed by atoms with van der Waals surface area (Å²) in [6.45, 7) is 17.0. The molecule has 0 fully saturated rings. The van der Waals surface area contributed by atoms with Gasteiger partial charge in [0.2, 0.25) is 0 Å². The number of hydrogen-bond donors (Lipinski definition) is 0. The Bertz CT molecular complexity index is 1280. The molecular formula is C36H38O. The van der Waals surface area contributed by atoms with Crippen molar-refractivity contribution in [2.24, 2.45) is 0 Å². The first-order valence-corrected chi connectivity index (χ1v) is 13.3. The van der Waals surface area contributed by atoms with Gasteiger partial charge in [-0.2, -0.15) is 0 Å². The molecule has 0 amide bonds. The van der Waals surface area contributed by atoms with E-state index in [4.69, 9.17) is 4.74 Å². The minimum absolute atomic E-state index is 0.454. The summed E-state index contributed by atoms with van der Waals surface area (Å²) in [6.07, 6.45) is 5.36. The predicted molar refractivity (Wildman–Crippen MR) is 160 cm³/mol.